The first-order valence-electron chi connectivity index (χ1n) is 9.12. The number of anilines is 1. The summed E-state index contributed by atoms with van der Waals surface area (Å²) in [5.74, 6) is 0.743. The second-order valence-corrected chi connectivity index (χ2v) is 6.68. The first kappa shape index (κ1) is 20.3. The Hall–Kier alpha value is -2.02. The Bertz CT molecular complexity index is 572. The molecule has 0 unspecified atom stereocenters. The molecule has 1 aromatic carbocycles. The van der Waals surface area contributed by atoms with E-state index >= 15 is 0 Å². The lowest BCUT2D eigenvalue weighted by Crippen LogP contribution is -2.51. The quantitative estimate of drug-likeness (QED) is 0.423. The lowest BCUT2D eigenvalue weighted by atomic mass is 10.2. The van der Waals surface area contributed by atoms with Crippen molar-refractivity contribution in [3.63, 3.8) is 0 Å². The Labute approximate surface area is 161 Å². The lowest BCUT2D eigenvalue weighted by molar-refractivity contribution is -0.140. The second-order valence-electron chi connectivity index (χ2n) is 6.29. The summed E-state index contributed by atoms with van der Waals surface area (Å²) in [5.41, 5.74) is 1.22. The number of benzene rings is 1. The van der Waals surface area contributed by atoms with Gasteiger partial charge in [0.15, 0.2) is 5.11 Å². The molecule has 0 radical (unpaired) electrons. The first-order valence-corrected chi connectivity index (χ1v) is 9.53. The zero-order chi connectivity index (χ0) is 18.8. The summed E-state index contributed by atoms with van der Waals surface area (Å²) >= 11 is 5.51. The zero-order valence-corrected chi connectivity index (χ0v) is 16.5. The number of piperazine rings is 1. The topological polar surface area (TPSA) is 54.0 Å². The molecule has 1 aliphatic heterocycles. The number of unbranched alkanes of at least 4 members (excludes halogenated alkanes) is 2. The van der Waals surface area contributed by atoms with Crippen molar-refractivity contribution in [2.75, 3.05) is 51.8 Å². The van der Waals surface area contributed by atoms with Gasteiger partial charge in [0, 0.05) is 44.8 Å². The highest BCUT2D eigenvalue weighted by Crippen LogP contribution is 2.20. The second kappa shape index (κ2) is 10.9. The number of carbonyl (C=O) groups excluding carboxylic acids is 1. The van der Waals surface area contributed by atoms with E-state index in [-0.39, 0.29) is 5.97 Å². The van der Waals surface area contributed by atoms with Crippen molar-refractivity contribution in [2.45, 2.75) is 25.7 Å². The van der Waals surface area contributed by atoms with Crippen molar-refractivity contribution in [1.82, 2.24) is 10.2 Å². The number of hydrogen-bond donors (Lipinski definition) is 1. The number of esters is 1. The maximum absolute atomic E-state index is 11.0. The minimum Gasteiger partial charge on any atom is -0.497 e. The van der Waals surface area contributed by atoms with Gasteiger partial charge in [0.05, 0.1) is 14.2 Å². The van der Waals surface area contributed by atoms with E-state index in [1.165, 1.54) is 12.8 Å². The van der Waals surface area contributed by atoms with E-state index in [0.29, 0.717) is 6.42 Å². The van der Waals surface area contributed by atoms with Gasteiger partial charge in [-0.15, -0.1) is 0 Å². The normalized spacial score (nSPS) is 14.1. The van der Waals surface area contributed by atoms with Gasteiger partial charge in [-0.3, -0.25) is 4.79 Å². The molecule has 0 saturated carbocycles. The fourth-order valence-electron chi connectivity index (χ4n) is 2.94. The summed E-state index contributed by atoms with van der Waals surface area (Å²) in [7, 11) is 3.11. The minimum absolute atomic E-state index is 0.136. The van der Waals surface area contributed by atoms with Crippen molar-refractivity contribution >= 4 is 29.0 Å². The number of thiocarbonyl (C=S) groups is 1. The maximum Gasteiger partial charge on any atom is 0.305 e. The predicted molar refractivity (Wildman–Crippen MR) is 108 cm³/mol. The number of nitrogens with one attached hydrogen (secondary N) is 1. The molecule has 0 aliphatic carbocycles. The largest absolute Gasteiger partial charge is 0.497 e. The molecule has 0 atom stereocenters. The average molecular weight is 380 g/mol. The van der Waals surface area contributed by atoms with Gasteiger partial charge in [-0.05, 0) is 49.3 Å². The van der Waals surface area contributed by atoms with Crippen LogP contribution >= 0.6 is 12.2 Å². The maximum atomic E-state index is 11.0. The molecule has 7 heteroatoms. The molecule has 6 nitrogen and oxygen atoms in total. The van der Waals surface area contributed by atoms with Crippen LogP contribution in [0.15, 0.2) is 24.3 Å². The molecule has 1 aliphatic rings. The minimum atomic E-state index is -0.136. The number of ether oxygens (including phenoxy) is 2. The number of hydrogen-bond acceptors (Lipinski definition) is 5. The summed E-state index contributed by atoms with van der Waals surface area (Å²) < 4.78 is 9.84. The summed E-state index contributed by atoms with van der Waals surface area (Å²) in [5, 5.41) is 4.16. The van der Waals surface area contributed by atoms with Crippen LogP contribution in [-0.2, 0) is 9.53 Å². The average Bonchev–Trinajstić information content (AvgIpc) is 2.70. The smallest absolute Gasteiger partial charge is 0.305 e. The Balaban J connectivity index is 1.62. The molecule has 144 valence electrons. The molecule has 26 heavy (non-hydrogen) atoms. The van der Waals surface area contributed by atoms with Crippen LogP contribution in [0, 0.1) is 0 Å². The number of methoxy groups -OCH3 is 2. The van der Waals surface area contributed by atoms with E-state index in [9.17, 15) is 4.79 Å². The summed E-state index contributed by atoms with van der Waals surface area (Å²) in [6, 6.07) is 8.18. The summed E-state index contributed by atoms with van der Waals surface area (Å²) in [4.78, 5) is 15.6. The molecule has 0 aromatic heterocycles. The first-order chi connectivity index (χ1) is 12.6. The third-order valence-electron chi connectivity index (χ3n) is 4.57. The molecule has 1 saturated heterocycles. The van der Waals surface area contributed by atoms with Gasteiger partial charge in [-0.2, -0.15) is 0 Å². The van der Waals surface area contributed by atoms with Gasteiger partial charge < -0.3 is 24.6 Å². The third-order valence-corrected chi connectivity index (χ3v) is 4.97. The van der Waals surface area contributed by atoms with Crippen LogP contribution in [-0.4, -0.2) is 62.9 Å². The standard InChI is InChI=1S/C19H29N3O3S/c1-24-17-9-7-16(8-10-17)21-12-14-22(15-13-21)19(26)20-11-5-3-4-6-18(23)25-2/h7-10H,3-6,11-15H2,1-2H3,(H,20,26). The number of carbonyl (C=O) groups is 1. The van der Waals surface area contributed by atoms with E-state index < -0.39 is 0 Å². The van der Waals surface area contributed by atoms with Crippen molar-refractivity contribution in [1.29, 1.82) is 0 Å². The van der Waals surface area contributed by atoms with E-state index in [1.54, 1.807) is 7.11 Å². The molecule has 1 N–H and O–H groups in total. The van der Waals surface area contributed by atoms with Gasteiger partial charge in [-0.25, -0.2) is 0 Å². The predicted octanol–water partition coefficient (Wildman–Crippen LogP) is 2.43. The SMILES string of the molecule is COC(=O)CCCCCNC(=S)N1CCN(c2ccc(OC)cc2)CC1. The molecule has 1 fully saturated rings. The van der Waals surface area contributed by atoms with Crippen LogP contribution in [0.4, 0.5) is 5.69 Å². The summed E-state index contributed by atoms with van der Waals surface area (Å²) in [6.45, 7) is 4.58. The van der Waals surface area contributed by atoms with Crippen molar-refractivity contribution in [3.05, 3.63) is 24.3 Å². The van der Waals surface area contributed by atoms with Crippen molar-refractivity contribution < 1.29 is 14.3 Å². The Morgan fingerprint density at radius 2 is 1.77 bits per heavy atom. The fraction of sp³-hybridized carbons (Fsp3) is 0.579. The molecular weight excluding hydrogens is 350 g/mol. The fourth-order valence-corrected chi connectivity index (χ4v) is 3.23. The van der Waals surface area contributed by atoms with Gasteiger partial charge in [0.1, 0.15) is 5.75 Å². The molecule has 2 rings (SSSR count). The van der Waals surface area contributed by atoms with E-state index in [4.69, 9.17) is 17.0 Å². The monoisotopic (exact) mass is 379 g/mol. The van der Waals surface area contributed by atoms with E-state index in [2.05, 4.69) is 32.0 Å². The van der Waals surface area contributed by atoms with Crippen molar-refractivity contribution in [2.24, 2.45) is 0 Å². The lowest BCUT2D eigenvalue weighted by Gasteiger charge is -2.37. The Morgan fingerprint density at radius 3 is 2.38 bits per heavy atom. The number of nitrogens with zero attached hydrogens (tertiary/aromatic N) is 2. The van der Waals surface area contributed by atoms with E-state index in [1.807, 2.05) is 12.1 Å². The molecular formula is C19H29N3O3S. The van der Waals surface area contributed by atoms with Crippen LogP contribution in [0.1, 0.15) is 25.7 Å². The number of rotatable bonds is 8. The van der Waals surface area contributed by atoms with Crippen molar-refractivity contribution in [3.8, 4) is 5.75 Å². The molecule has 0 bridgehead atoms. The van der Waals surface area contributed by atoms with Gasteiger partial charge in [0.25, 0.3) is 0 Å². The van der Waals surface area contributed by atoms with Gasteiger partial charge in [-0.1, -0.05) is 6.42 Å². The van der Waals surface area contributed by atoms with Gasteiger partial charge in [0.2, 0.25) is 0 Å². The molecule has 0 amide bonds. The van der Waals surface area contributed by atoms with Crippen LogP contribution in [0.25, 0.3) is 0 Å². The highest BCUT2D eigenvalue weighted by atomic mass is 32.1. The molecule has 1 heterocycles. The highest BCUT2D eigenvalue weighted by Gasteiger charge is 2.18. The Kier molecular flexibility index (Phi) is 8.47. The highest BCUT2D eigenvalue weighted by molar-refractivity contribution is 7.80. The third kappa shape index (κ3) is 6.37. The zero-order valence-electron chi connectivity index (χ0n) is 15.7. The summed E-state index contributed by atoms with van der Waals surface area (Å²) in [6.07, 6.45) is 3.36. The molecule has 1 aromatic rings. The van der Waals surface area contributed by atoms with Crippen LogP contribution in [0.2, 0.25) is 0 Å². The van der Waals surface area contributed by atoms with Gasteiger partial charge >= 0.3 is 5.97 Å². The van der Waals surface area contributed by atoms with Crippen LogP contribution < -0.4 is 15.0 Å². The Morgan fingerprint density at radius 1 is 1.08 bits per heavy atom. The van der Waals surface area contributed by atoms with E-state index in [0.717, 1.165) is 62.8 Å². The van der Waals surface area contributed by atoms with Crippen LogP contribution in [0.5, 0.6) is 5.75 Å². The molecule has 0 spiro atoms. The van der Waals surface area contributed by atoms with Crippen LogP contribution in [0.3, 0.4) is 0 Å².